The van der Waals surface area contributed by atoms with Crippen molar-refractivity contribution in [3.05, 3.63) is 63.9 Å². The van der Waals surface area contributed by atoms with Crippen molar-refractivity contribution < 1.29 is 23.9 Å². The number of hydrogen-bond donors (Lipinski definition) is 4. The van der Waals surface area contributed by atoms with Gasteiger partial charge in [-0.05, 0) is 49.3 Å². The van der Waals surface area contributed by atoms with Gasteiger partial charge in [0, 0.05) is 19.8 Å². The van der Waals surface area contributed by atoms with Crippen LogP contribution in [0.4, 0.5) is 14.9 Å². The minimum atomic E-state index is -1.40. The second kappa shape index (κ2) is 13.9. The van der Waals surface area contributed by atoms with Crippen LogP contribution >= 0.6 is 0 Å². The first-order chi connectivity index (χ1) is 19.8. The number of fused-ring (bicyclic) bond motifs is 1. The molecule has 12 nitrogen and oxygen atoms in total. The highest BCUT2D eigenvalue weighted by Crippen LogP contribution is 2.22. The van der Waals surface area contributed by atoms with Crippen molar-refractivity contribution in [2.45, 2.75) is 65.5 Å². The van der Waals surface area contributed by atoms with Gasteiger partial charge in [0.05, 0.1) is 24.0 Å². The van der Waals surface area contributed by atoms with E-state index in [9.17, 15) is 28.7 Å². The standard InChI is InChI=1S/C29H38FN7O5/c1-16(2)13-21-26-25(18(30)14-31-21)34-23(35-26)15-37-22(17(3)4)12-11-20(28(37)40)32-27(39)19(33-29(41)42)9-7-8-10-24(38)36(5)6/h8,10-12,14,16-17,19,33H,7,9,13,15H2,1-6H3,(H,32,39)(H,34,35)(H,41,42). The number of allylic oxidation sites excluding steroid dienone is 1. The highest BCUT2D eigenvalue weighted by atomic mass is 19.1. The van der Waals surface area contributed by atoms with Gasteiger partial charge in [0.2, 0.25) is 11.8 Å². The number of aromatic nitrogens is 4. The highest BCUT2D eigenvalue weighted by molar-refractivity contribution is 5.96. The predicted molar refractivity (Wildman–Crippen MR) is 157 cm³/mol. The van der Waals surface area contributed by atoms with E-state index in [1.807, 2.05) is 27.7 Å². The number of H-pyrrole nitrogens is 1. The fourth-order valence-electron chi connectivity index (χ4n) is 4.42. The molecule has 3 rings (SSSR count). The number of carboxylic acid groups (broad SMARTS) is 1. The lowest BCUT2D eigenvalue weighted by Crippen LogP contribution is -2.44. The van der Waals surface area contributed by atoms with Crippen LogP contribution in [0, 0.1) is 11.7 Å². The number of likely N-dealkylation sites (N-methyl/N-ethyl adjacent to an activating group) is 1. The number of amides is 3. The topological polar surface area (TPSA) is 162 Å². The van der Waals surface area contributed by atoms with Crippen molar-refractivity contribution in [3.8, 4) is 0 Å². The molecule has 0 bridgehead atoms. The van der Waals surface area contributed by atoms with Crippen molar-refractivity contribution in [3.63, 3.8) is 0 Å². The first kappa shape index (κ1) is 32.0. The summed E-state index contributed by atoms with van der Waals surface area (Å²) in [6.45, 7) is 7.86. The highest BCUT2D eigenvalue weighted by Gasteiger charge is 2.23. The zero-order valence-electron chi connectivity index (χ0n) is 24.7. The van der Waals surface area contributed by atoms with Crippen molar-refractivity contribution >= 4 is 34.6 Å². The van der Waals surface area contributed by atoms with E-state index in [2.05, 4.69) is 25.6 Å². The molecule has 1 unspecified atom stereocenters. The summed E-state index contributed by atoms with van der Waals surface area (Å²) in [6.07, 6.45) is 3.54. The fraction of sp³-hybridized carbons (Fsp3) is 0.448. The molecule has 0 aromatic carbocycles. The molecule has 0 aliphatic rings. The Kier molecular flexibility index (Phi) is 10.6. The molecule has 4 N–H and O–H groups in total. The number of anilines is 1. The van der Waals surface area contributed by atoms with E-state index in [1.165, 1.54) is 21.6 Å². The lowest BCUT2D eigenvalue weighted by atomic mass is 10.1. The monoisotopic (exact) mass is 583 g/mol. The molecule has 0 saturated heterocycles. The van der Waals surface area contributed by atoms with E-state index < -0.39 is 29.4 Å². The zero-order chi connectivity index (χ0) is 31.1. The summed E-state index contributed by atoms with van der Waals surface area (Å²) in [6, 6.07) is 2.00. The minimum absolute atomic E-state index is 0.0210. The van der Waals surface area contributed by atoms with Crippen LogP contribution in [0.15, 0.2) is 35.3 Å². The van der Waals surface area contributed by atoms with E-state index in [4.69, 9.17) is 0 Å². The van der Waals surface area contributed by atoms with Crippen molar-refractivity contribution in [2.24, 2.45) is 5.92 Å². The molecular weight excluding hydrogens is 545 g/mol. The van der Waals surface area contributed by atoms with Gasteiger partial charge < -0.3 is 30.2 Å². The molecular formula is C29H38FN7O5. The molecule has 3 amide bonds. The SMILES string of the molecule is CC(C)Cc1ncc(F)c2nc(Cn3c(C(C)C)ccc(NC(=O)C(CCC=CC(=O)N(C)C)NC(=O)O)c3=O)[nH]c12. The summed E-state index contributed by atoms with van der Waals surface area (Å²) >= 11 is 0. The van der Waals surface area contributed by atoms with Crippen LogP contribution in [-0.2, 0) is 22.6 Å². The third kappa shape index (κ3) is 8.02. The molecule has 13 heteroatoms. The van der Waals surface area contributed by atoms with Gasteiger partial charge in [-0.1, -0.05) is 33.8 Å². The smallest absolute Gasteiger partial charge is 0.405 e. The number of imidazole rings is 1. The van der Waals surface area contributed by atoms with Crippen molar-refractivity contribution in [1.29, 1.82) is 0 Å². The van der Waals surface area contributed by atoms with E-state index >= 15 is 0 Å². The number of aromatic amines is 1. The Bertz CT molecular complexity index is 1540. The normalized spacial score (nSPS) is 12.3. The molecule has 3 heterocycles. The van der Waals surface area contributed by atoms with Crippen LogP contribution in [0.3, 0.4) is 0 Å². The van der Waals surface area contributed by atoms with Crippen molar-refractivity contribution in [2.75, 3.05) is 19.4 Å². The molecule has 3 aromatic rings. The Balaban J connectivity index is 1.90. The van der Waals surface area contributed by atoms with E-state index in [1.54, 1.807) is 26.2 Å². The molecule has 3 aromatic heterocycles. The third-order valence-electron chi connectivity index (χ3n) is 6.51. The minimum Gasteiger partial charge on any atom is -0.465 e. The van der Waals surface area contributed by atoms with Gasteiger partial charge in [-0.25, -0.2) is 14.2 Å². The van der Waals surface area contributed by atoms with Crippen LogP contribution in [0.25, 0.3) is 11.0 Å². The molecule has 0 spiro atoms. The third-order valence-corrected chi connectivity index (χ3v) is 6.51. The largest absolute Gasteiger partial charge is 0.465 e. The maximum atomic E-state index is 14.6. The Morgan fingerprint density at radius 1 is 1.19 bits per heavy atom. The van der Waals surface area contributed by atoms with Gasteiger partial charge in [0.15, 0.2) is 5.82 Å². The maximum absolute atomic E-state index is 14.6. The van der Waals surface area contributed by atoms with E-state index in [0.29, 0.717) is 29.1 Å². The first-order valence-corrected chi connectivity index (χ1v) is 13.7. The summed E-state index contributed by atoms with van der Waals surface area (Å²) in [7, 11) is 3.19. The lowest BCUT2D eigenvalue weighted by Gasteiger charge is -2.19. The molecule has 0 fully saturated rings. The predicted octanol–water partition coefficient (Wildman–Crippen LogP) is 3.63. The summed E-state index contributed by atoms with van der Waals surface area (Å²) < 4.78 is 16.0. The Labute approximate surface area is 243 Å². The van der Waals surface area contributed by atoms with Gasteiger partial charge in [-0.2, -0.15) is 0 Å². The number of nitrogens with zero attached hydrogens (tertiary/aromatic N) is 4. The number of nitrogens with one attached hydrogen (secondary N) is 3. The molecule has 0 saturated carbocycles. The summed E-state index contributed by atoms with van der Waals surface area (Å²) in [4.78, 5) is 62.9. The van der Waals surface area contributed by atoms with Crippen LogP contribution in [0.2, 0.25) is 0 Å². The van der Waals surface area contributed by atoms with Gasteiger partial charge in [0.1, 0.15) is 23.1 Å². The number of pyridine rings is 2. The molecule has 226 valence electrons. The van der Waals surface area contributed by atoms with E-state index in [0.717, 1.165) is 6.20 Å². The van der Waals surface area contributed by atoms with E-state index in [-0.39, 0.29) is 48.3 Å². The summed E-state index contributed by atoms with van der Waals surface area (Å²) in [5.74, 6) is -0.980. The van der Waals surface area contributed by atoms with Gasteiger partial charge >= 0.3 is 6.09 Å². The molecule has 1 atom stereocenters. The van der Waals surface area contributed by atoms with Crippen molar-refractivity contribution in [1.82, 2.24) is 29.7 Å². The average molecular weight is 584 g/mol. The maximum Gasteiger partial charge on any atom is 0.405 e. The number of halogens is 1. The Morgan fingerprint density at radius 2 is 1.90 bits per heavy atom. The summed E-state index contributed by atoms with van der Waals surface area (Å²) in [5.41, 5.74) is 1.38. The second-order valence-electron chi connectivity index (χ2n) is 11.0. The lowest BCUT2D eigenvalue weighted by molar-refractivity contribution is -0.123. The molecule has 42 heavy (non-hydrogen) atoms. The molecule has 0 aliphatic heterocycles. The number of carbonyl (C=O) groups excluding carboxylic acids is 2. The van der Waals surface area contributed by atoms with Crippen LogP contribution in [0.5, 0.6) is 0 Å². The number of rotatable bonds is 12. The average Bonchev–Trinajstić information content (AvgIpc) is 3.34. The second-order valence-corrected chi connectivity index (χ2v) is 11.0. The van der Waals surface area contributed by atoms with Gasteiger partial charge in [0.25, 0.3) is 5.56 Å². The first-order valence-electron chi connectivity index (χ1n) is 13.7. The molecule has 0 radical (unpaired) electrons. The van der Waals surface area contributed by atoms with Crippen LogP contribution in [-0.4, -0.2) is 67.6 Å². The Morgan fingerprint density at radius 3 is 2.52 bits per heavy atom. The van der Waals surface area contributed by atoms with Crippen LogP contribution in [0.1, 0.15) is 63.7 Å². The number of carbonyl (C=O) groups is 3. The van der Waals surface area contributed by atoms with Crippen LogP contribution < -0.4 is 16.2 Å². The number of hydrogen-bond acceptors (Lipinski definition) is 6. The quantitative estimate of drug-likeness (QED) is 0.237. The van der Waals surface area contributed by atoms with Gasteiger partial charge in [-0.3, -0.25) is 19.4 Å². The fourth-order valence-corrected chi connectivity index (χ4v) is 4.42. The Hall–Kier alpha value is -4.55. The van der Waals surface area contributed by atoms with Gasteiger partial charge in [-0.15, -0.1) is 0 Å². The molecule has 0 aliphatic carbocycles. The summed E-state index contributed by atoms with van der Waals surface area (Å²) in [5, 5.41) is 14.0. The zero-order valence-corrected chi connectivity index (χ0v) is 24.7.